The summed E-state index contributed by atoms with van der Waals surface area (Å²) in [6.45, 7) is 4.04. The van der Waals surface area contributed by atoms with Crippen LogP contribution < -0.4 is 5.32 Å². The van der Waals surface area contributed by atoms with Gasteiger partial charge in [0.2, 0.25) is 5.91 Å². The molecule has 0 aromatic heterocycles. The molecule has 1 saturated heterocycles. The molecule has 0 spiro atoms. The molecule has 0 radical (unpaired) electrons. The Morgan fingerprint density at radius 1 is 1.30 bits per heavy atom. The lowest BCUT2D eigenvalue weighted by atomic mass is 9.98. The number of benzene rings is 1. The van der Waals surface area contributed by atoms with Gasteiger partial charge in [0.25, 0.3) is 11.8 Å². The molecule has 23 heavy (non-hydrogen) atoms. The number of piperidine rings is 1. The fraction of sp³-hybridized carbons (Fsp3) is 0.471. The van der Waals surface area contributed by atoms with Gasteiger partial charge in [0.05, 0.1) is 1.37 Å². The molecule has 122 valence electrons. The third-order valence-electron chi connectivity index (χ3n) is 4.90. The topological polar surface area (TPSA) is 69.7 Å². The van der Waals surface area contributed by atoms with Crippen molar-refractivity contribution in [1.82, 2.24) is 9.80 Å². The Balaban J connectivity index is 2.04. The van der Waals surface area contributed by atoms with Gasteiger partial charge in [-0.3, -0.25) is 19.3 Å². The van der Waals surface area contributed by atoms with Gasteiger partial charge >= 0.3 is 0 Å². The van der Waals surface area contributed by atoms with Crippen LogP contribution in [0.15, 0.2) is 6.04 Å². The van der Waals surface area contributed by atoms with Crippen molar-refractivity contribution in [2.24, 2.45) is 0 Å². The summed E-state index contributed by atoms with van der Waals surface area (Å²) in [6.07, 6.45) is 0.583. The fourth-order valence-corrected chi connectivity index (χ4v) is 3.40. The number of carbonyl (C=O) groups excluding carboxylic acids is 3. The van der Waals surface area contributed by atoms with Crippen molar-refractivity contribution < 1.29 is 15.8 Å². The number of amides is 3. The number of fused-ring (bicyclic) bond motifs is 1. The number of imide groups is 1. The van der Waals surface area contributed by atoms with Crippen molar-refractivity contribution in [3.05, 3.63) is 28.3 Å². The molecule has 1 aromatic rings. The van der Waals surface area contributed by atoms with Crippen LogP contribution in [0.5, 0.6) is 0 Å². The van der Waals surface area contributed by atoms with Gasteiger partial charge < -0.3 is 10.2 Å². The van der Waals surface area contributed by atoms with E-state index in [1.165, 1.54) is 11.9 Å². The van der Waals surface area contributed by atoms with Crippen molar-refractivity contribution in [2.75, 3.05) is 19.4 Å². The SMILES string of the molecule is [2H]c1c(C)c(C)c(NC)c2c1C(=O)N(C1CCC(=O)N(C)C1=O)C2. The molecule has 0 saturated carbocycles. The van der Waals surface area contributed by atoms with Crippen LogP contribution in [0.4, 0.5) is 5.69 Å². The summed E-state index contributed by atoms with van der Waals surface area (Å²) in [5.41, 5.74) is 3.69. The van der Waals surface area contributed by atoms with Crippen molar-refractivity contribution in [1.29, 1.82) is 0 Å². The van der Waals surface area contributed by atoms with Crippen molar-refractivity contribution in [3.8, 4) is 0 Å². The molecular weight excluding hydrogens is 294 g/mol. The van der Waals surface area contributed by atoms with Crippen LogP contribution in [0, 0.1) is 13.8 Å². The van der Waals surface area contributed by atoms with E-state index in [-0.39, 0.29) is 36.7 Å². The minimum Gasteiger partial charge on any atom is -0.388 e. The molecule has 0 bridgehead atoms. The molecule has 1 N–H and O–H groups in total. The number of rotatable bonds is 2. The average Bonchev–Trinajstić information content (AvgIpc) is 2.88. The van der Waals surface area contributed by atoms with E-state index in [4.69, 9.17) is 1.37 Å². The minimum absolute atomic E-state index is 0.218. The lowest BCUT2D eigenvalue weighted by molar-refractivity contribution is -0.150. The standard InChI is InChI=1S/C17H21N3O3/c1-9-7-11-12(15(18-3)10(9)2)8-20(16(11)22)13-5-6-14(21)19(4)17(13)23/h7,13,18H,5-6,8H2,1-4H3/i7D. The molecular formula is C17H21N3O3. The molecule has 0 aliphatic carbocycles. The van der Waals surface area contributed by atoms with Gasteiger partial charge in [-0.2, -0.15) is 0 Å². The number of nitrogens with one attached hydrogen (secondary N) is 1. The number of likely N-dealkylation sites (N-methyl/N-ethyl adjacent to an activating group) is 1. The summed E-state index contributed by atoms with van der Waals surface area (Å²) < 4.78 is 8.32. The minimum atomic E-state index is -0.641. The van der Waals surface area contributed by atoms with E-state index in [0.717, 1.165) is 27.3 Å². The van der Waals surface area contributed by atoms with Crippen LogP contribution in [0.3, 0.4) is 0 Å². The summed E-state index contributed by atoms with van der Waals surface area (Å²) in [7, 11) is 3.24. The average molecular weight is 316 g/mol. The lowest BCUT2D eigenvalue weighted by Crippen LogP contribution is -2.53. The smallest absolute Gasteiger partial charge is 0.255 e. The van der Waals surface area contributed by atoms with Gasteiger partial charge in [-0.25, -0.2) is 0 Å². The Hall–Kier alpha value is -2.37. The maximum Gasteiger partial charge on any atom is 0.255 e. The molecule has 1 unspecified atom stereocenters. The quantitative estimate of drug-likeness (QED) is 0.839. The van der Waals surface area contributed by atoms with E-state index in [2.05, 4.69) is 5.32 Å². The predicted octanol–water partition coefficient (Wildman–Crippen LogP) is 1.45. The van der Waals surface area contributed by atoms with Crippen LogP contribution in [0.1, 0.15) is 41.3 Å². The van der Waals surface area contributed by atoms with E-state index >= 15 is 0 Å². The van der Waals surface area contributed by atoms with E-state index in [9.17, 15) is 14.4 Å². The second-order valence-corrected chi connectivity index (χ2v) is 6.13. The molecule has 1 atom stereocenters. The highest BCUT2D eigenvalue weighted by Gasteiger charge is 2.42. The highest BCUT2D eigenvalue weighted by Crippen LogP contribution is 2.36. The largest absolute Gasteiger partial charge is 0.388 e. The second kappa shape index (κ2) is 5.37. The maximum absolute atomic E-state index is 12.9. The first-order valence-electron chi connectivity index (χ1n) is 8.21. The zero-order valence-corrected chi connectivity index (χ0v) is 13.8. The maximum atomic E-state index is 12.9. The highest BCUT2D eigenvalue weighted by molar-refractivity contribution is 6.06. The van der Waals surface area contributed by atoms with Gasteiger partial charge in [-0.05, 0) is 37.4 Å². The molecule has 2 aliphatic rings. The van der Waals surface area contributed by atoms with Crippen LogP contribution in [0.2, 0.25) is 0 Å². The lowest BCUT2D eigenvalue weighted by Gasteiger charge is -2.33. The molecule has 2 aliphatic heterocycles. The Kier molecular flexibility index (Phi) is 3.32. The van der Waals surface area contributed by atoms with Crippen LogP contribution in [-0.4, -0.2) is 47.7 Å². The third kappa shape index (κ3) is 2.20. The Morgan fingerprint density at radius 2 is 2.00 bits per heavy atom. The van der Waals surface area contributed by atoms with Crippen LogP contribution in [0.25, 0.3) is 0 Å². The number of likely N-dealkylation sites (tertiary alicyclic amines) is 1. The van der Waals surface area contributed by atoms with E-state index in [1.54, 1.807) is 7.05 Å². The summed E-state index contributed by atoms with van der Waals surface area (Å²) in [5, 5.41) is 3.12. The van der Waals surface area contributed by atoms with Crippen LogP contribution in [-0.2, 0) is 16.1 Å². The molecule has 3 amide bonds. The van der Waals surface area contributed by atoms with Crippen LogP contribution >= 0.6 is 0 Å². The molecule has 6 heteroatoms. The zero-order valence-electron chi connectivity index (χ0n) is 14.8. The van der Waals surface area contributed by atoms with Crippen molar-refractivity contribution >= 4 is 23.4 Å². The second-order valence-electron chi connectivity index (χ2n) is 6.13. The molecule has 1 aromatic carbocycles. The number of carbonyl (C=O) groups is 3. The van der Waals surface area contributed by atoms with Gasteiger partial charge in [-0.15, -0.1) is 0 Å². The Bertz CT molecular complexity index is 775. The normalized spacial score (nSPS) is 21.7. The Morgan fingerprint density at radius 3 is 2.65 bits per heavy atom. The van der Waals surface area contributed by atoms with Gasteiger partial charge in [0.15, 0.2) is 0 Å². The number of anilines is 1. The monoisotopic (exact) mass is 316 g/mol. The molecule has 1 fully saturated rings. The van der Waals surface area contributed by atoms with Crippen molar-refractivity contribution in [2.45, 2.75) is 39.3 Å². The van der Waals surface area contributed by atoms with Gasteiger partial charge in [0, 0.05) is 43.9 Å². The van der Waals surface area contributed by atoms with E-state index in [0.29, 0.717) is 12.0 Å². The predicted molar refractivity (Wildman–Crippen MR) is 86.1 cm³/mol. The number of hydrogen-bond acceptors (Lipinski definition) is 4. The summed E-state index contributed by atoms with van der Waals surface area (Å²) in [4.78, 5) is 39.6. The summed E-state index contributed by atoms with van der Waals surface area (Å²) in [6, 6.07) is -0.418. The summed E-state index contributed by atoms with van der Waals surface area (Å²) in [5.74, 6) is -0.863. The first-order chi connectivity index (χ1) is 11.3. The zero-order chi connectivity index (χ0) is 17.8. The molecule has 3 rings (SSSR count). The first-order valence-corrected chi connectivity index (χ1v) is 7.71. The van der Waals surface area contributed by atoms with Gasteiger partial charge in [-0.1, -0.05) is 0 Å². The number of hydrogen-bond donors (Lipinski definition) is 1. The van der Waals surface area contributed by atoms with E-state index < -0.39 is 6.04 Å². The Labute approximate surface area is 136 Å². The summed E-state index contributed by atoms with van der Waals surface area (Å²) >= 11 is 0. The van der Waals surface area contributed by atoms with Crippen molar-refractivity contribution in [3.63, 3.8) is 0 Å². The molecule has 2 heterocycles. The molecule has 6 nitrogen and oxygen atoms in total. The first kappa shape index (κ1) is 14.2. The van der Waals surface area contributed by atoms with Gasteiger partial charge in [0.1, 0.15) is 6.04 Å². The highest BCUT2D eigenvalue weighted by atomic mass is 16.2. The van der Waals surface area contributed by atoms with E-state index in [1.807, 2.05) is 13.8 Å². The third-order valence-corrected chi connectivity index (χ3v) is 4.90. The number of nitrogens with zero attached hydrogens (tertiary/aromatic N) is 2. The fourth-order valence-electron chi connectivity index (χ4n) is 3.40.